The highest BCUT2D eigenvalue weighted by atomic mass is 16.3. The molecule has 0 unspecified atom stereocenters. The maximum Gasteiger partial charge on any atom is 0.223 e. The van der Waals surface area contributed by atoms with E-state index in [9.17, 15) is 15.0 Å². The van der Waals surface area contributed by atoms with Crippen LogP contribution in [-0.4, -0.2) is 44.8 Å². The van der Waals surface area contributed by atoms with Crippen molar-refractivity contribution in [1.29, 1.82) is 0 Å². The second kappa shape index (κ2) is 12.4. The molecule has 5 atom stereocenters. The first-order chi connectivity index (χ1) is 15.1. The first-order valence-corrected chi connectivity index (χ1v) is 13.1. The average molecular weight is 448 g/mol. The third-order valence-electron chi connectivity index (χ3n) is 7.47. The van der Waals surface area contributed by atoms with E-state index in [1.807, 2.05) is 11.8 Å². The molecule has 0 aromatic heterocycles. The topological polar surface area (TPSA) is 60.8 Å². The number of unbranched alkanes of at least 4 members (excludes halogenated alkanes) is 2. The summed E-state index contributed by atoms with van der Waals surface area (Å²) in [5.74, 6) is 1.45. The van der Waals surface area contributed by atoms with Gasteiger partial charge in [-0.25, -0.2) is 0 Å². The van der Waals surface area contributed by atoms with Crippen molar-refractivity contribution in [2.75, 3.05) is 0 Å². The maximum absolute atomic E-state index is 12.5. The van der Waals surface area contributed by atoms with Gasteiger partial charge in [-0.15, -0.1) is 0 Å². The van der Waals surface area contributed by atoms with E-state index in [-0.39, 0.29) is 30.0 Å². The molecule has 0 bridgehead atoms. The van der Waals surface area contributed by atoms with Crippen LogP contribution in [-0.2, 0) is 4.79 Å². The number of fused-ring (bicyclic) bond motifs is 1. The summed E-state index contributed by atoms with van der Waals surface area (Å²) in [6.07, 6.45) is 15.7. The van der Waals surface area contributed by atoms with Gasteiger partial charge in [-0.2, -0.15) is 0 Å². The molecule has 0 spiro atoms. The van der Waals surface area contributed by atoms with Crippen molar-refractivity contribution in [2.45, 2.75) is 130 Å². The van der Waals surface area contributed by atoms with E-state index in [0.717, 1.165) is 51.4 Å². The number of carbonyl (C=O) groups is 1. The molecule has 1 fully saturated rings. The molecule has 4 heteroatoms. The second-order valence-corrected chi connectivity index (χ2v) is 11.2. The van der Waals surface area contributed by atoms with Gasteiger partial charge in [0.2, 0.25) is 5.91 Å². The van der Waals surface area contributed by atoms with Gasteiger partial charge < -0.3 is 15.1 Å². The maximum atomic E-state index is 12.5. The lowest BCUT2D eigenvalue weighted by Gasteiger charge is -2.30. The van der Waals surface area contributed by atoms with Crippen LogP contribution in [0.2, 0.25) is 0 Å². The fraction of sp³-hybridized carbons (Fsp3) is 0.821. The zero-order valence-electron chi connectivity index (χ0n) is 21.5. The summed E-state index contributed by atoms with van der Waals surface area (Å²) in [5, 5.41) is 21.1. The molecule has 1 amide bonds. The molecule has 1 saturated carbocycles. The van der Waals surface area contributed by atoms with Crippen LogP contribution in [0, 0.1) is 17.8 Å². The molecule has 0 radical (unpaired) electrons. The molecule has 2 aliphatic carbocycles. The fourth-order valence-electron chi connectivity index (χ4n) is 5.86. The summed E-state index contributed by atoms with van der Waals surface area (Å²) in [5.41, 5.74) is 0.865. The summed E-state index contributed by atoms with van der Waals surface area (Å²) in [6, 6.07) is 0.511. The quantitative estimate of drug-likeness (QED) is 0.268. The molecule has 0 saturated heterocycles. The molecule has 0 aromatic rings. The standard InChI is InChI=1S/C28H49NO3/c1-7-8-15-28(6,32)16-11-13-24-25-18-22(17-23(25)19-26(24)30)12-9-10-14-27(31)29(20(2)3)21(4)5/h11,13,17,20-21,23-26,30,32H,7-10,12,14-16,18-19H2,1-6H3/b13-11+/t23-,24+,25-,26+,28+/m0/s1. The summed E-state index contributed by atoms with van der Waals surface area (Å²) < 4.78 is 0. The van der Waals surface area contributed by atoms with Gasteiger partial charge in [0.1, 0.15) is 0 Å². The van der Waals surface area contributed by atoms with Crippen molar-refractivity contribution in [1.82, 2.24) is 4.90 Å². The predicted molar refractivity (Wildman–Crippen MR) is 133 cm³/mol. The average Bonchev–Trinajstić information content (AvgIpc) is 3.20. The van der Waals surface area contributed by atoms with Crippen molar-refractivity contribution in [2.24, 2.45) is 17.8 Å². The fourth-order valence-corrected chi connectivity index (χ4v) is 5.86. The highest BCUT2D eigenvalue weighted by Crippen LogP contribution is 2.48. The molecule has 2 N–H and O–H groups in total. The highest BCUT2D eigenvalue weighted by molar-refractivity contribution is 5.76. The second-order valence-electron chi connectivity index (χ2n) is 11.2. The Morgan fingerprint density at radius 3 is 2.53 bits per heavy atom. The van der Waals surface area contributed by atoms with Crippen LogP contribution in [0.1, 0.15) is 106 Å². The Kier molecular flexibility index (Phi) is 10.5. The van der Waals surface area contributed by atoms with Crippen molar-refractivity contribution < 1.29 is 15.0 Å². The minimum Gasteiger partial charge on any atom is -0.392 e. The van der Waals surface area contributed by atoms with Gasteiger partial charge >= 0.3 is 0 Å². The number of hydrogen-bond donors (Lipinski definition) is 2. The van der Waals surface area contributed by atoms with E-state index in [1.165, 1.54) is 5.57 Å². The summed E-state index contributed by atoms with van der Waals surface area (Å²) >= 11 is 0. The van der Waals surface area contributed by atoms with Crippen LogP contribution in [0.25, 0.3) is 0 Å². The number of carbonyl (C=O) groups excluding carboxylic acids is 1. The van der Waals surface area contributed by atoms with Crippen LogP contribution in [0.15, 0.2) is 23.8 Å². The number of rotatable bonds is 13. The Balaban J connectivity index is 1.78. The van der Waals surface area contributed by atoms with Crippen molar-refractivity contribution >= 4 is 5.91 Å². The zero-order chi connectivity index (χ0) is 23.9. The lowest BCUT2D eigenvalue weighted by atomic mass is 9.87. The molecule has 2 rings (SSSR count). The van der Waals surface area contributed by atoms with Crippen LogP contribution < -0.4 is 0 Å². The highest BCUT2D eigenvalue weighted by Gasteiger charge is 2.43. The molecule has 4 nitrogen and oxygen atoms in total. The van der Waals surface area contributed by atoms with Gasteiger partial charge in [0.15, 0.2) is 0 Å². The number of allylic oxidation sites excluding steroid dienone is 2. The number of amides is 1. The van der Waals surface area contributed by atoms with Gasteiger partial charge in [0, 0.05) is 24.4 Å². The molecule has 32 heavy (non-hydrogen) atoms. The smallest absolute Gasteiger partial charge is 0.223 e. The van der Waals surface area contributed by atoms with Crippen LogP contribution >= 0.6 is 0 Å². The number of nitrogens with zero attached hydrogens (tertiary/aromatic N) is 1. The van der Waals surface area contributed by atoms with Crippen LogP contribution in [0.3, 0.4) is 0 Å². The van der Waals surface area contributed by atoms with Crippen LogP contribution in [0.4, 0.5) is 0 Å². The van der Waals surface area contributed by atoms with Gasteiger partial charge in [0.05, 0.1) is 11.7 Å². The molecule has 2 aliphatic rings. The largest absolute Gasteiger partial charge is 0.392 e. The van der Waals surface area contributed by atoms with E-state index in [0.29, 0.717) is 24.7 Å². The van der Waals surface area contributed by atoms with Gasteiger partial charge in [-0.05, 0) is 91.4 Å². The predicted octanol–water partition coefficient (Wildman–Crippen LogP) is 6.02. The van der Waals surface area contributed by atoms with E-state index < -0.39 is 5.60 Å². The number of aliphatic hydroxyl groups is 2. The van der Waals surface area contributed by atoms with Crippen LogP contribution in [0.5, 0.6) is 0 Å². The third-order valence-corrected chi connectivity index (χ3v) is 7.47. The Bertz CT molecular complexity index is 641. The van der Waals surface area contributed by atoms with Crippen molar-refractivity contribution in [3.05, 3.63) is 23.8 Å². The Morgan fingerprint density at radius 1 is 1.22 bits per heavy atom. The minimum absolute atomic E-state index is 0.197. The lowest BCUT2D eigenvalue weighted by Crippen LogP contribution is -2.41. The zero-order valence-corrected chi connectivity index (χ0v) is 21.5. The monoisotopic (exact) mass is 447 g/mol. The molecular formula is C28H49NO3. The van der Waals surface area contributed by atoms with E-state index in [2.05, 4.69) is 52.8 Å². The number of aliphatic hydroxyl groups excluding tert-OH is 1. The van der Waals surface area contributed by atoms with E-state index in [4.69, 9.17) is 0 Å². The normalized spacial score (nSPS) is 27.2. The Morgan fingerprint density at radius 2 is 1.91 bits per heavy atom. The summed E-state index contributed by atoms with van der Waals surface area (Å²) in [6.45, 7) is 12.4. The van der Waals surface area contributed by atoms with Crippen molar-refractivity contribution in [3.63, 3.8) is 0 Å². The molecule has 184 valence electrons. The van der Waals surface area contributed by atoms with Gasteiger partial charge in [-0.3, -0.25) is 4.79 Å². The molecule has 0 heterocycles. The van der Waals surface area contributed by atoms with E-state index in [1.54, 1.807) is 0 Å². The minimum atomic E-state index is -0.646. The van der Waals surface area contributed by atoms with Gasteiger partial charge in [-0.1, -0.05) is 43.6 Å². The lowest BCUT2D eigenvalue weighted by molar-refractivity contribution is -0.134. The summed E-state index contributed by atoms with van der Waals surface area (Å²) in [7, 11) is 0. The summed E-state index contributed by atoms with van der Waals surface area (Å²) in [4.78, 5) is 14.5. The SMILES string of the molecule is CCCC[C@@](C)(O)C/C=C/[C@@H]1[C@H]2CC(CCCCC(=O)N(C(C)C)C(C)C)=C[C@H]2C[C@H]1O. The first-order valence-electron chi connectivity index (χ1n) is 13.1. The van der Waals surface area contributed by atoms with Gasteiger partial charge in [0.25, 0.3) is 0 Å². The third kappa shape index (κ3) is 7.73. The Hall–Kier alpha value is -1.13. The molecular weight excluding hydrogens is 398 g/mol. The molecule has 0 aromatic carbocycles. The van der Waals surface area contributed by atoms with E-state index >= 15 is 0 Å². The number of hydrogen-bond acceptors (Lipinski definition) is 3. The Labute approximate surface area is 197 Å². The van der Waals surface area contributed by atoms with Crippen molar-refractivity contribution in [3.8, 4) is 0 Å². The first kappa shape index (κ1) is 27.1. The molecule has 0 aliphatic heterocycles.